The van der Waals surface area contributed by atoms with E-state index in [-0.39, 0.29) is 29.1 Å². The Balaban J connectivity index is 1.73. The summed E-state index contributed by atoms with van der Waals surface area (Å²) in [6.45, 7) is 8.31. The van der Waals surface area contributed by atoms with Crippen molar-refractivity contribution in [1.29, 1.82) is 0 Å². The molecule has 0 aliphatic carbocycles. The van der Waals surface area contributed by atoms with Gasteiger partial charge >= 0.3 is 5.97 Å². The Kier molecular flexibility index (Phi) is 7.53. The largest absolute Gasteiger partial charge is 0.507 e. The van der Waals surface area contributed by atoms with Crippen LogP contribution in [0.15, 0.2) is 84.9 Å². The first-order chi connectivity index (χ1) is 18.0. The molecule has 0 bridgehead atoms. The first kappa shape index (κ1) is 26.5. The molecule has 6 nitrogen and oxygen atoms in total. The van der Waals surface area contributed by atoms with E-state index in [4.69, 9.17) is 4.74 Å². The number of aryl methyl sites for hydroxylation is 1. The standard InChI is InChI=1S/C32H31NO5/c1-20-9-11-21(12-10-20)17-30(35)33-26-19-23(22-13-15-27(34)24(18-22)31(36)37)14-16-29(26)38-28-8-6-5-7-25(28)32(2,3)4/h5-16,18-19,34H,17H2,1-4H3,(H,33,35)(H,36,37). The fourth-order valence-electron chi connectivity index (χ4n) is 4.16. The van der Waals surface area contributed by atoms with Crippen LogP contribution >= 0.6 is 0 Å². The van der Waals surface area contributed by atoms with Gasteiger partial charge in [0.05, 0.1) is 12.1 Å². The molecule has 4 aromatic rings. The number of aromatic carboxylic acids is 1. The molecule has 0 saturated heterocycles. The van der Waals surface area contributed by atoms with Gasteiger partial charge in [-0.25, -0.2) is 4.79 Å². The third-order valence-electron chi connectivity index (χ3n) is 6.21. The van der Waals surface area contributed by atoms with E-state index in [1.165, 1.54) is 12.1 Å². The Morgan fingerprint density at radius 3 is 2.18 bits per heavy atom. The van der Waals surface area contributed by atoms with Gasteiger partial charge in [-0.05, 0) is 59.4 Å². The number of aromatic hydroxyl groups is 1. The van der Waals surface area contributed by atoms with Gasteiger partial charge in [0.1, 0.15) is 17.1 Å². The SMILES string of the molecule is Cc1ccc(CC(=O)Nc2cc(-c3ccc(O)c(C(=O)O)c3)ccc2Oc2ccccc2C(C)(C)C)cc1. The summed E-state index contributed by atoms with van der Waals surface area (Å²) in [5.74, 6) is -0.613. The molecule has 194 valence electrons. The summed E-state index contributed by atoms with van der Waals surface area (Å²) >= 11 is 0. The van der Waals surface area contributed by atoms with Crippen LogP contribution in [0.3, 0.4) is 0 Å². The zero-order chi connectivity index (χ0) is 27.4. The topological polar surface area (TPSA) is 95.9 Å². The molecule has 38 heavy (non-hydrogen) atoms. The molecule has 0 aromatic heterocycles. The fourth-order valence-corrected chi connectivity index (χ4v) is 4.16. The highest BCUT2D eigenvalue weighted by molar-refractivity contribution is 5.95. The number of benzene rings is 4. The molecular weight excluding hydrogens is 478 g/mol. The predicted molar refractivity (Wildman–Crippen MR) is 149 cm³/mol. The first-order valence-electron chi connectivity index (χ1n) is 12.3. The summed E-state index contributed by atoms with van der Waals surface area (Å²) in [6.07, 6.45) is 0.185. The Morgan fingerprint density at radius 1 is 0.842 bits per heavy atom. The van der Waals surface area contributed by atoms with Gasteiger partial charge in [0, 0.05) is 5.56 Å². The quantitative estimate of drug-likeness (QED) is 0.242. The molecular formula is C32H31NO5. The van der Waals surface area contributed by atoms with Crippen LogP contribution in [-0.4, -0.2) is 22.1 Å². The Labute approximate surface area is 222 Å². The molecule has 6 heteroatoms. The molecule has 0 spiro atoms. The Hall–Kier alpha value is -4.58. The monoisotopic (exact) mass is 509 g/mol. The van der Waals surface area contributed by atoms with Crippen LogP contribution in [0.2, 0.25) is 0 Å². The minimum absolute atomic E-state index is 0.162. The Morgan fingerprint density at radius 2 is 1.50 bits per heavy atom. The van der Waals surface area contributed by atoms with Crippen LogP contribution in [0.25, 0.3) is 11.1 Å². The molecule has 0 unspecified atom stereocenters. The number of ether oxygens (including phenoxy) is 1. The number of nitrogens with one attached hydrogen (secondary N) is 1. The number of amides is 1. The molecule has 0 atom stereocenters. The number of hydrogen-bond acceptors (Lipinski definition) is 4. The number of carbonyl (C=O) groups excluding carboxylic acids is 1. The number of carboxylic acid groups (broad SMARTS) is 1. The second kappa shape index (κ2) is 10.8. The normalized spacial score (nSPS) is 11.2. The maximum Gasteiger partial charge on any atom is 0.339 e. The van der Waals surface area contributed by atoms with Crippen molar-refractivity contribution in [2.24, 2.45) is 0 Å². The van der Waals surface area contributed by atoms with Crippen molar-refractivity contribution in [2.75, 3.05) is 5.32 Å². The van der Waals surface area contributed by atoms with E-state index < -0.39 is 5.97 Å². The first-order valence-corrected chi connectivity index (χ1v) is 12.3. The molecule has 0 aliphatic heterocycles. The van der Waals surface area contributed by atoms with Gasteiger partial charge in [-0.1, -0.05) is 80.9 Å². The summed E-state index contributed by atoms with van der Waals surface area (Å²) in [5, 5.41) is 22.3. The number of anilines is 1. The second-order valence-electron chi connectivity index (χ2n) is 10.3. The molecule has 0 saturated carbocycles. The minimum atomic E-state index is -1.23. The molecule has 4 aromatic carbocycles. The number of para-hydroxylation sites is 1. The van der Waals surface area contributed by atoms with Gasteiger partial charge in [-0.15, -0.1) is 0 Å². The molecule has 0 fully saturated rings. The lowest BCUT2D eigenvalue weighted by atomic mass is 9.86. The van der Waals surface area contributed by atoms with Crippen LogP contribution in [-0.2, 0) is 16.6 Å². The van der Waals surface area contributed by atoms with E-state index in [2.05, 4.69) is 26.1 Å². The van der Waals surface area contributed by atoms with Crippen molar-refractivity contribution in [2.45, 2.75) is 39.5 Å². The molecule has 4 rings (SSSR count). The highest BCUT2D eigenvalue weighted by Gasteiger charge is 2.20. The smallest absolute Gasteiger partial charge is 0.339 e. The minimum Gasteiger partial charge on any atom is -0.507 e. The highest BCUT2D eigenvalue weighted by atomic mass is 16.5. The van der Waals surface area contributed by atoms with Crippen LogP contribution in [0.5, 0.6) is 17.2 Å². The van der Waals surface area contributed by atoms with Gasteiger partial charge in [-0.3, -0.25) is 4.79 Å². The van der Waals surface area contributed by atoms with E-state index in [0.29, 0.717) is 28.3 Å². The molecule has 0 radical (unpaired) electrons. The lowest BCUT2D eigenvalue weighted by molar-refractivity contribution is -0.115. The number of hydrogen-bond donors (Lipinski definition) is 3. The predicted octanol–water partition coefficient (Wildman–Crippen LogP) is 7.34. The van der Waals surface area contributed by atoms with Crippen LogP contribution in [0, 0.1) is 6.92 Å². The summed E-state index contributed by atoms with van der Waals surface area (Å²) in [7, 11) is 0. The van der Waals surface area contributed by atoms with Crippen LogP contribution in [0.4, 0.5) is 5.69 Å². The summed E-state index contributed by atoms with van der Waals surface area (Å²) in [5.41, 5.74) is 4.35. The third-order valence-corrected chi connectivity index (χ3v) is 6.21. The summed E-state index contributed by atoms with van der Waals surface area (Å²) < 4.78 is 6.36. The van der Waals surface area contributed by atoms with Crippen molar-refractivity contribution < 1.29 is 24.5 Å². The summed E-state index contributed by atoms with van der Waals surface area (Å²) in [4.78, 5) is 24.6. The van der Waals surface area contributed by atoms with Crippen molar-refractivity contribution in [3.8, 4) is 28.4 Å². The zero-order valence-electron chi connectivity index (χ0n) is 21.9. The fraction of sp³-hybridized carbons (Fsp3) is 0.188. The van der Waals surface area contributed by atoms with Gasteiger partial charge in [-0.2, -0.15) is 0 Å². The average Bonchev–Trinajstić information content (AvgIpc) is 2.86. The average molecular weight is 510 g/mol. The lowest BCUT2D eigenvalue weighted by Crippen LogP contribution is -2.15. The number of phenols is 1. The van der Waals surface area contributed by atoms with Crippen molar-refractivity contribution in [3.05, 3.63) is 107 Å². The molecule has 0 aliphatic rings. The number of rotatable bonds is 7. The van der Waals surface area contributed by atoms with Crippen molar-refractivity contribution in [1.82, 2.24) is 0 Å². The van der Waals surface area contributed by atoms with Crippen LogP contribution < -0.4 is 10.1 Å². The number of carbonyl (C=O) groups is 2. The van der Waals surface area contributed by atoms with Gasteiger partial charge in [0.25, 0.3) is 0 Å². The molecule has 3 N–H and O–H groups in total. The van der Waals surface area contributed by atoms with E-state index >= 15 is 0 Å². The van der Waals surface area contributed by atoms with Gasteiger partial charge in [0.2, 0.25) is 5.91 Å². The molecule has 1 amide bonds. The van der Waals surface area contributed by atoms with Gasteiger partial charge in [0.15, 0.2) is 5.75 Å². The van der Waals surface area contributed by atoms with E-state index in [1.807, 2.05) is 55.5 Å². The second-order valence-corrected chi connectivity index (χ2v) is 10.3. The van der Waals surface area contributed by atoms with Crippen molar-refractivity contribution in [3.63, 3.8) is 0 Å². The van der Waals surface area contributed by atoms with E-state index in [9.17, 15) is 19.8 Å². The van der Waals surface area contributed by atoms with Gasteiger partial charge < -0.3 is 20.3 Å². The third kappa shape index (κ3) is 6.21. The maximum absolute atomic E-state index is 13.1. The number of carboxylic acids is 1. The van der Waals surface area contributed by atoms with E-state index in [1.54, 1.807) is 24.3 Å². The maximum atomic E-state index is 13.1. The van der Waals surface area contributed by atoms with E-state index in [0.717, 1.165) is 16.7 Å². The summed E-state index contributed by atoms with van der Waals surface area (Å²) in [6, 6.07) is 25.2. The van der Waals surface area contributed by atoms with Crippen LogP contribution in [0.1, 0.15) is 47.8 Å². The lowest BCUT2D eigenvalue weighted by Gasteiger charge is -2.23. The molecule has 0 heterocycles. The highest BCUT2D eigenvalue weighted by Crippen LogP contribution is 2.39. The van der Waals surface area contributed by atoms with Crippen molar-refractivity contribution >= 4 is 17.6 Å². The Bertz CT molecular complexity index is 1480. The zero-order valence-corrected chi connectivity index (χ0v) is 21.9.